The summed E-state index contributed by atoms with van der Waals surface area (Å²) < 4.78 is 4.88. The zero-order valence-corrected chi connectivity index (χ0v) is 25.5. The molecule has 0 aromatic rings. The van der Waals surface area contributed by atoms with Gasteiger partial charge in [0.15, 0.2) is 0 Å². The van der Waals surface area contributed by atoms with Crippen molar-refractivity contribution in [2.45, 2.75) is 97.8 Å². The zero-order valence-electron chi connectivity index (χ0n) is 24.7. The molecule has 218 valence electrons. The van der Waals surface area contributed by atoms with Crippen LogP contribution in [-0.2, 0) is 23.9 Å². The van der Waals surface area contributed by atoms with Crippen molar-refractivity contribution in [2.75, 3.05) is 34.3 Å². The highest BCUT2D eigenvalue weighted by atomic mass is 35.5. The molecule has 0 bridgehead atoms. The third-order valence-corrected chi connectivity index (χ3v) is 7.70. The predicted octanol–water partition coefficient (Wildman–Crippen LogP) is 3.02. The van der Waals surface area contributed by atoms with Gasteiger partial charge in [0.05, 0.1) is 19.2 Å². The van der Waals surface area contributed by atoms with Crippen LogP contribution in [0.1, 0.15) is 73.6 Å². The van der Waals surface area contributed by atoms with Crippen LogP contribution in [0.2, 0.25) is 0 Å². The van der Waals surface area contributed by atoms with Crippen LogP contribution in [-0.4, -0.2) is 96.9 Å². The maximum atomic E-state index is 13.8. The van der Waals surface area contributed by atoms with Crippen molar-refractivity contribution < 1.29 is 23.9 Å². The molecule has 0 saturated carbocycles. The molecule has 10 heteroatoms. The van der Waals surface area contributed by atoms with Gasteiger partial charge in [0.1, 0.15) is 12.1 Å². The Kier molecular flexibility index (Phi) is 12.8. The van der Waals surface area contributed by atoms with E-state index in [1.165, 1.54) is 7.11 Å². The molecule has 0 aromatic heterocycles. The fourth-order valence-electron chi connectivity index (χ4n) is 5.34. The van der Waals surface area contributed by atoms with Gasteiger partial charge < -0.3 is 19.9 Å². The lowest BCUT2D eigenvalue weighted by Crippen LogP contribution is -2.59. The summed E-state index contributed by atoms with van der Waals surface area (Å²) in [6, 6.07) is -1.89. The summed E-state index contributed by atoms with van der Waals surface area (Å²) in [4.78, 5) is 57.7. The van der Waals surface area contributed by atoms with Crippen LogP contribution >= 0.6 is 12.4 Å². The third kappa shape index (κ3) is 8.18. The first kappa shape index (κ1) is 33.9. The Morgan fingerprint density at radius 1 is 1.03 bits per heavy atom. The SMILES string of the molecule is COC(=O)[C@@H]1CCCN1C(=O)/C(C)=C/[C@H](C(C)C)N(C)C(=O)[C@@H](NC(=O)[C@H]1CCCCN1C)C(C)(C)C.Cl. The Morgan fingerprint density at radius 3 is 2.16 bits per heavy atom. The number of halogens is 1. The summed E-state index contributed by atoms with van der Waals surface area (Å²) in [5, 5.41) is 3.06. The summed E-state index contributed by atoms with van der Waals surface area (Å²) in [6.45, 7) is 12.9. The number of ether oxygens (including phenoxy) is 1. The summed E-state index contributed by atoms with van der Waals surface area (Å²) in [5.41, 5.74) is -0.0255. The molecule has 2 rings (SSSR count). The number of hydrogen-bond donors (Lipinski definition) is 1. The van der Waals surface area contributed by atoms with Crippen LogP contribution < -0.4 is 5.32 Å². The molecule has 3 amide bonds. The monoisotopic (exact) mass is 556 g/mol. The van der Waals surface area contributed by atoms with Gasteiger partial charge in [0, 0.05) is 19.2 Å². The van der Waals surface area contributed by atoms with Gasteiger partial charge in [0.2, 0.25) is 17.7 Å². The second-order valence-electron chi connectivity index (χ2n) is 12.0. The van der Waals surface area contributed by atoms with E-state index in [-0.39, 0.29) is 48.1 Å². The lowest BCUT2D eigenvalue weighted by Gasteiger charge is -2.39. The Bertz CT molecular complexity index is 885. The molecule has 4 atom stereocenters. The van der Waals surface area contributed by atoms with Crippen LogP contribution in [0, 0.1) is 11.3 Å². The van der Waals surface area contributed by atoms with Gasteiger partial charge in [-0.05, 0) is 57.5 Å². The van der Waals surface area contributed by atoms with Crippen molar-refractivity contribution in [3.05, 3.63) is 11.6 Å². The Balaban J connectivity index is 0.00000722. The molecule has 0 unspecified atom stereocenters. The third-order valence-electron chi connectivity index (χ3n) is 7.70. The number of methoxy groups -OCH3 is 1. The van der Waals surface area contributed by atoms with E-state index < -0.39 is 23.5 Å². The number of likely N-dealkylation sites (N-methyl/N-ethyl adjacent to an activating group) is 2. The number of piperidine rings is 1. The van der Waals surface area contributed by atoms with Crippen LogP contribution in [0.15, 0.2) is 11.6 Å². The number of nitrogens with zero attached hydrogens (tertiary/aromatic N) is 3. The number of rotatable bonds is 8. The van der Waals surface area contributed by atoms with Gasteiger partial charge >= 0.3 is 5.97 Å². The van der Waals surface area contributed by atoms with Crippen LogP contribution in [0.5, 0.6) is 0 Å². The first-order valence-electron chi connectivity index (χ1n) is 13.5. The fourth-order valence-corrected chi connectivity index (χ4v) is 5.34. The molecule has 2 saturated heterocycles. The highest BCUT2D eigenvalue weighted by Crippen LogP contribution is 2.26. The predicted molar refractivity (Wildman–Crippen MR) is 151 cm³/mol. The highest BCUT2D eigenvalue weighted by molar-refractivity contribution is 5.96. The number of nitrogens with one attached hydrogen (secondary N) is 1. The Morgan fingerprint density at radius 2 is 1.63 bits per heavy atom. The van der Waals surface area contributed by atoms with Crippen LogP contribution in [0.3, 0.4) is 0 Å². The molecular formula is C28H49ClN4O5. The number of hydrogen-bond acceptors (Lipinski definition) is 6. The summed E-state index contributed by atoms with van der Waals surface area (Å²) in [6.07, 6.45) is 5.99. The van der Waals surface area contributed by atoms with E-state index in [4.69, 9.17) is 4.74 Å². The van der Waals surface area contributed by atoms with E-state index >= 15 is 0 Å². The molecule has 1 N–H and O–H groups in total. The Hall–Kier alpha value is -2.13. The van der Waals surface area contributed by atoms with Gasteiger partial charge in [0.25, 0.3) is 0 Å². The van der Waals surface area contributed by atoms with E-state index in [2.05, 4.69) is 10.2 Å². The standard InChI is InChI=1S/C28H48N4O5.ClH/c1-18(2)22(17-19(3)25(34)32-16-12-14-21(32)27(36)37-9)31(8)26(35)23(28(4,5)6)29-24(33)20-13-10-11-15-30(20)7;/h17-18,20-23H,10-16H2,1-9H3,(H,29,33);1H/b19-17+;/t20-,21+,22-,23-;/m1./s1. The first-order chi connectivity index (χ1) is 17.2. The van der Waals surface area contributed by atoms with Crippen molar-refractivity contribution in [2.24, 2.45) is 11.3 Å². The van der Waals surface area contributed by atoms with E-state index in [9.17, 15) is 19.2 Å². The summed E-state index contributed by atoms with van der Waals surface area (Å²) in [7, 11) is 5.01. The number of carbonyl (C=O) groups is 4. The summed E-state index contributed by atoms with van der Waals surface area (Å²) >= 11 is 0. The second kappa shape index (κ2) is 14.3. The van der Waals surface area contributed by atoms with Crippen LogP contribution in [0.4, 0.5) is 0 Å². The fraction of sp³-hybridized carbons (Fsp3) is 0.786. The van der Waals surface area contributed by atoms with Crippen molar-refractivity contribution >= 4 is 36.1 Å². The van der Waals surface area contributed by atoms with Crippen molar-refractivity contribution in [1.82, 2.24) is 20.0 Å². The van der Waals surface area contributed by atoms with Crippen LogP contribution in [0.25, 0.3) is 0 Å². The van der Waals surface area contributed by atoms with Gasteiger partial charge in [-0.1, -0.05) is 47.1 Å². The zero-order chi connectivity index (χ0) is 28.1. The van der Waals surface area contributed by atoms with Gasteiger partial charge in [-0.25, -0.2) is 4.79 Å². The summed E-state index contributed by atoms with van der Waals surface area (Å²) in [5.74, 6) is -0.913. The van der Waals surface area contributed by atoms with E-state index in [0.717, 1.165) is 32.2 Å². The molecule has 2 aliphatic heterocycles. The number of esters is 1. The minimum atomic E-state index is -0.715. The molecule has 0 spiro atoms. The molecule has 9 nitrogen and oxygen atoms in total. The average Bonchev–Trinajstić information content (AvgIpc) is 3.33. The molecule has 38 heavy (non-hydrogen) atoms. The van der Waals surface area contributed by atoms with Gasteiger partial charge in [-0.2, -0.15) is 0 Å². The van der Waals surface area contributed by atoms with Crippen molar-refractivity contribution in [1.29, 1.82) is 0 Å². The van der Waals surface area contributed by atoms with Gasteiger partial charge in [-0.3, -0.25) is 19.3 Å². The minimum Gasteiger partial charge on any atom is -0.467 e. The molecule has 0 aromatic carbocycles. The van der Waals surface area contributed by atoms with Crippen molar-refractivity contribution in [3.63, 3.8) is 0 Å². The highest BCUT2D eigenvalue weighted by Gasteiger charge is 2.40. The molecule has 2 aliphatic rings. The normalized spacial score (nSPS) is 22.4. The van der Waals surface area contributed by atoms with E-state index in [1.807, 2.05) is 47.7 Å². The van der Waals surface area contributed by atoms with Gasteiger partial charge in [-0.15, -0.1) is 12.4 Å². The first-order valence-corrected chi connectivity index (χ1v) is 13.5. The molecular weight excluding hydrogens is 508 g/mol. The maximum Gasteiger partial charge on any atom is 0.328 e. The average molecular weight is 557 g/mol. The minimum absolute atomic E-state index is 0. The second-order valence-corrected chi connectivity index (χ2v) is 12.0. The van der Waals surface area contributed by atoms with E-state index in [0.29, 0.717) is 18.5 Å². The maximum absolute atomic E-state index is 13.8. The number of likely N-dealkylation sites (tertiary alicyclic amines) is 2. The molecule has 2 heterocycles. The van der Waals surface area contributed by atoms with Crippen molar-refractivity contribution in [3.8, 4) is 0 Å². The largest absolute Gasteiger partial charge is 0.467 e. The van der Waals surface area contributed by atoms with E-state index in [1.54, 1.807) is 23.8 Å². The number of amides is 3. The topological polar surface area (TPSA) is 99.3 Å². The quantitative estimate of drug-likeness (QED) is 0.364. The molecule has 0 radical (unpaired) electrons. The molecule has 2 fully saturated rings. The lowest BCUT2D eigenvalue weighted by molar-refractivity contribution is -0.149. The Labute approximate surface area is 235 Å². The molecule has 0 aliphatic carbocycles. The number of carbonyl (C=O) groups excluding carboxylic acids is 4. The lowest BCUT2D eigenvalue weighted by atomic mass is 9.84. The smallest absolute Gasteiger partial charge is 0.328 e.